The molecule has 3 aromatic rings. The van der Waals surface area contributed by atoms with E-state index in [1.807, 2.05) is 35.8 Å². The van der Waals surface area contributed by atoms with Gasteiger partial charge in [-0.15, -0.1) is 10.2 Å². The van der Waals surface area contributed by atoms with Gasteiger partial charge in [-0.25, -0.2) is 0 Å². The Bertz CT molecular complexity index is 862. The van der Waals surface area contributed by atoms with Crippen LogP contribution in [0.25, 0.3) is 11.4 Å². The third-order valence-electron chi connectivity index (χ3n) is 3.09. The maximum absolute atomic E-state index is 10.8. The van der Waals surface area contributed by atoms with Crippen LogP contribution in [-0.2, 0) is 6.54 Å². The van der Waals surface area contributed by atoms with E-state index in [1.165, 1.54) is 11.8 Å². The van der Waals surface area contributed by atoms with Gasteiger partial charge in [-0.1, -0.05) is 23.7 Å². The molecule has 0 aliphatic heterocycles. The van der Waals surface area contributed by atoms with Crippen molar-refractivity contribution in [2.45, 2.75) is 23.7 Å². The molecule has 0 saturated heterocycles. The largest absolute Gasteiger partial charge is 0.445 e. The molecular formula is C15H11BrClN3O2S. The van der Waals surface area contributed by atoms with Crippen molar-refractivity contribution in [3.05, 3.63) is 45.6 Å². The van der Waals surface area contributed by atoms with Crippen LogP contribution in [0.4, 0.5) is 0 Å². The second-order valence-corrected chi connectivity index (χ2v) is 6.80. The molecule has 0 amide bonds. The molecule has 118 valence electrons. The maximum Gasteiger partial charge on any atom is 0.199 e. The molecule has 8 heteroatoms. The molecule has 0 atom stereocenters. The molecule has 2 aromatic heterocycles. The van der Waals surface area contributed by atoms with Crippen LogP contribution in [0.1, 0.15) is 17.5 Å². The third kappa shape index (κ3) is 3.36. The first kappa shape index (κ1) is 16.3. The van der Waals surface area contributed by atoms with Crippen molar-refractivity contribution in [2.75, 3.05) is 0 Å². The van der Waals surface area contributed by atoms with Gasteiger partial charge in [0.15, 0.2) is 28.1 Å². The van der Waals surface area contributed by atoms with Crippen LogP contribution in [0.5, 0.6) is 0 Å². The summed E-state index contributed by atoms with van der Waals surface area (Å²) in [5.41, 5.74) is 0.894. The smallest absolute Gasteiger partial charge is 0.199 e. The fourth-order valence-corrected chi connectivity index (χ4v) is 3.68. The number of furan rings is 1. The average molecular weight is 413 g/mol. The summed E-state index contributed by atoms with van der Waals surface area (Å²) in [7, 11) is 0. The molecule has 0 aliphatic rings. The quantitative estimate of drug-likeness (QED) is 0.556. The predicted octanol–water partition coefficient (Wildman–Crippen LogP) is 4.94. The SMILES string of the molecule is CCn1c(Sc2oc(C=O)cc2Br)nnc1-c1cccc(Cl)c1. The van der Waals surface area contributed by atoms with Gasteiger partial charge in [0.05, 0.1) is 4.47 Å². The zero-order chi connectivity index (χ0) is 16.4. The molecule has 0 saturated carbocycles. The molecule has 0 fully saturated rings. The number of carbonyl (C=O) groups is 1. The summed E-state index contributed by atoms with van der Waals surface area (Å²) in [4.78, 5) is 10.8. The fourth-order valence-electron chi connectivity index (χ4n) is 2.07. The summed E-state index contributed by atoms with van der Waals surface area (Å²) in [6, 6.07) is 9.09. The Morgan fingerprint density at radius 3 is 2.87 bits per heavy atom. The molecule has 0 unspecified atom stereocenters. The molecule has 1 aromatic carbocycles. The average Bonchev–Trinajstić information content (AvgIpc) is 3.11. The molecule has 2 heterocycles. The summed E-state index contributed by atoms with van der Waals surface area (Å²) < 4.78 is 8.12. The summed E-state index contributed by atoms with van der Waals surface area (Å²) >= 11 is 10.7. The molecule has 0 radical (unpaired) electrons. The van der Waals surface area contributed by atoms with E-state index >= 15 is 0 Å². The van der Waals surface area contributed by atoms with Gasteiger partial charge in [0.1, 0.15) is 0 Å². The van der Waals surface area contributed by atoms with Crippen LogP contribution in [0.15, 0.2) is 49.5 Å². The van der Waals surface area contributed by atoms with Crippen LogP contribution in [0.2, 0.25) is 5.02 Å². The summed E-state index contributed by atoms with van der Waals surface area (Å²) in [6.07, 6.45) is 0.663. The molecule has 0 aliphatic carbocycles. The van der Waals surface area contributed by atoms with E-state index in [0.29, 0.717) is 32.6 Å². The van der Waals surface area contributed by atoms with Gasteiger partial charge < -0.3 is 8.98 Å². The van der Waals surface area contributed by atoms with E-state index < -0.39 is 0 Å². The molecule has 0 bridgehead atoms. The first-order chi connectivity index (χ1) is 11.1. The summed E-state index contributed by atoms with van der Waals surface area (Å²) in [6.45, 7) is 2.70. The number of aldehydes is 1. The Morgan fingerprint density at radius 1 is 1.39 bits per heavy atom. The zero-order valence-corrected chi connectivity index (χ0v) is 15.2. The number of halogens is 2. The van der Waals surface area contributed by atoms with E-state index in [1.54, 1.807) is 6.07 Å². The molecule has 23 heavy (non-hydrogen) atoms. The summed E-state index contributed by atoms with van der Waals surface area (Å²) in [5.74, 6) is 0.993. The predicted molar refractivity (Wildman–Crippen MR) is 92.1 cm³/mol. The third-order valence-corrected chi connectivity index (χ3v) is 5.15. The second-order valence-electron chi connectivity index (χ2n) is 4.56. The number of nitrogens with zero attached hydrogens (tertiary/aromatic N) is 3. The number of carbonyl (C=O) groups excluding carboxylic acids is 1. The van der Waals surface area contributed by atoms with Gasteiger partial charge in [0, 0.05) is 23.2 Å². The normalized spacial score (nSPS) is 10.9. The van der Waals surface area contributed by atoms with Gasteiger partial charge in [0.25, 0.3) is 0 Å². The van der Waals surface area contributed by atoms with Crippen molar-refractivity contribution in [1.29, 1.82) is 0 Å². The lowest BCUT2D eigenvalue weighted by Gasteiger charge is -2.06. The van der Waals surface area contributed by atoms with Crippen LogP contribution >= 0.6 is 39.3 Å². The summed E-state index contributed by atoms with van der Waals surface area (Å²) in [5, 5.41) is 10.4. The van der Waals surface area contributed by atoms with Gasteiger partial charge in [-0.05, 0) is 46.7 Å². The highest BCUT2D eigenvalue weighted by Crippen LogP contribution is 2.36. The van der Waals surface area contributed by atoms with Crippen molar-refractivity contribution >= 4 is 45.6 Å². The highest BCUT2D eigenvalue weighted by molar-refractivity contribution is 9.10. The Hall–Kier alpha value is -1.57. The lowest BCUT2D eigenvalue weighted by Crippen LogP contribution is -1.99. The van der Waals surface area contributed by atoms with Gasteiger partial charge in [-0.3, -0.25) is 4.79 Å². The van der Waals surface area contributed by atoms with Gasteiger partial charge in [-0.2, -0.15) is 0 Å². The highest BCUT2D eigenvalue weighted by atomic mass is 79.9. The highest BCUT2D eigenvalue weighted by Gasteiger charge is 2.18. The Kier molecular flexibility index (Phi) is 4.89. The van der Waals surface area contributed by atoms with Crippen molar-refractivity contribution in [1.82, 2.24) is 14.8 Å². The Labute approximate surface area is 150 Å². The first-order valence-electron chi connectivity index (χ1n) is 6.74. The van der Waals surface area contributed by atoms with Crippen LogP contribution < -0.4 is 0 Å². The van der Waals surface area contributed by atoms with Gasteiger partial charge in [0.2, 0.25) is 0 Å². The fraction of sp³-hybridized carbons (Fsp3) is 0.133. The molecule has 3 rings (SSSR count). The lowest BCUT2D eigenvalue weighted by molar-refractivity contribution is 0.109. The number of aromatic nitrogens is 3. The molecule has 5 nitrogen and oxygen atoms in total. The van der Waals surface area contributed by atoms with E-state index in [2.05, 4.69) is 26.1 Å². The number of benzene rings is 1. The monoisotopic (exact) mass is 411 g/mol. The van der Waals surface area contributed by atoms with Gasteiger partial charge >= 0.3 is 0 Å². The minimum Gasteiger partial charge on any atom is -0.445 e. The Morgan fingerprint density at radius 2 is 2.22 bits per heavy atom. The zero-order valence-electron chi connectivity index (χ0n) is 12.0. The van der Waals surface area contributed by atoms with E-state index in [4.69, 9.17) is 16.0 Å². The van der Waals surface area contributed by atoms with Crippen molar-refractivity contribution in [3.63, 3.8) is 0 Å². The second kappa shape index (κ2) is 6.90. The van der Waals surface area contributed by atoms with E-state index in [9.17, 15) is 4.79 Å². The van der Waals surface area contributed by atoms with Crippen molar-refractivity contribution in [2.24, 2.45) is 0 Å². The molecule has 0 N–H and O–H groups in total. The first-order valence-corrected chi connectivity index (χ1v) is 8.72. The number of rotatable bonds is 5. The van der Waals surface area contributed by atoms with Crippen molar-refractivity contribution < 1.29 is 9.21 Å². The standard InChI is InChI=1S/C15H11BrClN3O2S/c1-2-20-13(9-4-3-5-10(17)6-9)18-19-15(20)23-14-12(16)7-11(8-21)22-14/h3-8H,2H2,1H3. The van der Waals surface area contributed by atoms with E-state index in [-0.39, 0.29) is 5.76 Å². The topological polar surface area (TPSA) is 60.9 Å². The lowest BCUT2D eigenvalue weighted by atomic mass is 10.2. The molecule has 0 spiro atoms. The van der Waals surface area contributed by atoms with Crippen LogP contribution in [0.3, 0.4) is 0 Å². The minimum absolute atomic E-state index is 0.261. The minimum atomic E-state index is 0.261. The van der Waals surface area contributed by atoms with E-state index in [0.717, 1.165) is 11.4 Å². The van der Waals surface area contributed by atoms with Crippen LogP contribution in [0, 0.1) is 0 Å². The number of hydrogen-bond donors (Lipinski definition) is 0. The van der Waals surface area contributed by atoms with Crippen molar-refractivity contribution in [3.8, 4) is 11.4 Å². The number of hydrogen-bond acceptors (Lipinski definition) is 5. The Balaban J connectivity index is 1.98. The maximum atomic E-state index is 10.8. The molecular weight excluding hydrogens is 402 g/mol. The van der Waals surface area contributed by atoms with Crippen LogP contribution in [-0.4, -0.2) is 21.1 Å².